The van der Waals surface area contributed by atoms with E-state index in [1.54, 1.807) is 18.4 Å². The molecular formula is C6H6I2O2. The molecule has 1 heterocycles. The standard InChI is InChI=1S/C6H6I2O2/c7-6(8)5(9)4-2-1-3-10-4/h1-3,5-6,9H. The summed E-state index contributed by atoms with van der Waals surface area (Å²) in [5, 5.41) is 9.38. The summed E-state index contributed by atoms with van der Waals surface area (Å²) in [6.07, 6.45) is 1.07. The molecule has 0 spiro atoms. The van der Waals surface area contributed by atoms with E-state index in [4.69, 9.17) is 4.42 Å². The molecule has 0 radical (unpaired) electrons. The lowest BCUT2D eigenvalue weighted by atomic mass is 10.3. The van der Waals surface area contributed by atoms with Gasteiger partial charge < -0.3 is 9.52 Å². The van der Waals surface area contributed by atoms with E-state index >= 15 is 0 Å². The molecule has 1 atom stereocenters. The van der Waals surface area contributed by atoms with E-state index in [2.05, 4.69) is 45.2 Å². The molecule has 0 saturated carbocycles. The van der Waals surface area contributed by atoms with Crippen LogP contribution in [0.15, 0.2) is 22.8 Å². The zero-order chi connectivity index (χ0) is 7.56. The minimum atomic E-state index is -0.490. The molecule has 0 aliphatic carbocycles. The summed E-state index contributed by atoms with van der Waals surface area (Å²) in [4.78, 5) is 0. The molecule has 0 saturated heterocycles. The van der Waals surface area contributed by atoms with Crippen molar-refractivity contribution in [1.82, 2.24) is 0 Å². The Hall–Kier alpha value is 0.700. The fourth-order valence-corrected chi connectivity index (χ4v) is 1.29. The minimum absolute atomic E-state index is 0.154. The highest BCUT2D eigenvalue weighted by Gasteiger charge is 2.16. The first-order valence-corrected chi connectivity index (χ1v) is 5.20. The van der Waals surface area contributed by atoms with Gasteiger partial charge in [0.25, 0.3) is 0 Å². The second-order valence-electron chi connectivity index (χ2n) is 1.79. The average molecular weight is 364 g/mol. The topological polar surface area (TPSA) is 33.4 Å². The molecule has 4 heteroatoms. The second-order valence-corrected chi connectivity index (χ2v) is 6.86. The number of furan rings is 1. The lowest BCUT2D eigenvalue weighted by Crippen LogP contribution is -2.02. The van der Waals surface area contributed by atoms with Gasteiger partial charge in [-0.1, -0.05) is 45.2 Å². The third-order valence-corrected chi connectivity index (χ3v) is 2.44. The molecule has 0 aliphatic heterocycles. The van der Waals surface area contributed by atoms with Crippen LogP contribution in [0.4, 0.5) is 0 Å². The molecule has 0 bridgehead atoms. The van der Waals surface area contributed by atoms with Crippen molar-refractivity contribution in [2.75, 3.05) is 0 Å². The van der Waals surface area contributed by atoms with Crippen molar-refractivity contribution in [2.24, 2.45) is 0 Å². The molecule has 1 aromatic rings. The van der Waals surface area contributed by atoms with Crippen LogP contribution in [0.1, 0.15) is 11.9 Å². The van der Waals surface area contributed by atoms with E-state index in [0.717, 1.165) is 0 Å². The fourth-order valence-electron chi connectivity index (χ4n) is 0.584. The highest BCUT2D eigenvalue weighted by Crippen LogP contribution is 2.27. The predicted molar refractivity (Wildman–Crippen MR) is 55.5 cm³/mol. The van der Waals surface area contributed by atoms with Gasteiger partial charge in [0.15, 0.2) is 0 Å². The van der Waals surface area contributed by atoms with Crippen molar-refractivity contribution in [1.29, 1.82) is 0 Å². The third kappa shape index (κ3) is 2.09. The van der Waals surface area contributed by atoms with Crippen molar-refractivity contribution in [3.8, 4) is 0 Å². The molecule has 56 valence electrons. The highest BCUT2D eigenvalue weighted by molar-refractivity contribution is 14.2. The molecule has 0 aromatic carbocycles. The third-order valence-electron chi connectivity index (χ3n) is 1.07. The van der Waals surface area contributed by atoms with Crippen LogP contribution in [0.25, 0.3) is 0 Å². The van der Waals surface area contributed by atoms with Gasteiger partial charge in [0.1, 0.15) is 11.9 Å². The van der Waals surface area contributed by atoms with E-state index in [1.807, 2.05) is 0 Å². The maximum absolute atomic E-state index is 9.38. The summed E-state index contributed by atoms with van der Waals surface area (Å²) in [7, 11) is 0. The SMILES string of the molecule is OC(c1ccco1)C(I)I. The van der Waals surface area contributed by atoms with Gasteiger partial charge in [0.2, 0.25) is 0 Å². The first kappa shape index (κ1) is 8.79. The van der Waals surface area contributed by atoms with Crippen LogP contribution >= 0.6 is 45.2 Å². The normalized spacial score (nSPS) is 14.0. The summed E-state index contributed by atoms with van der Waals surface area (Å²) in [6, 6.07) is 3.54. The Labute approximate surface area is 86.3 Å². The molecule has 0 amide bonds. The number of hydrogen-bond acceptors (Lipinski definition) is 2. The Morgan fingerprint density at radius 1 is 1.50 bits per heavy atom. The van der Waals surface area contributed by atoms with Gasteiger partial charge in [0.05, 0.1) is 8.19 Å². The molecule has 1 unspecified atom stereocenters. The summed E-state index contributed by atoms with van der Waals surface area (Å²) in [5.74, 6) is 0.633. The zero-order valence-electron chi connectivity index (χ0n) is 5.00. The number of aliphatic hydroxyl groups is 1. The van der Waals surface area contributed by atoms with Crippen molar-refractivity contribution in [3.63, 3.8) is 0 Å². The molecule has 0 aliphatic rings. The predicted octanol–water partition coefficient (Wildman–Crippen LogP) is 2.51. The van der Waals surface area contributed by atoms with Crippen molar-refractivity contribution < 1.29 is 9.52 Å². The summed E-state index contributed by atoms with van der Waals surface area (Å²) >= 11 is 4.29. The van der Waals surface area contributed by atoms with E-state index < -0.39 is 6.10 Å². The molecule has 1 N–H and O–H groups in total. The minimum Gasteiger partial charge on any atom is -0.467 e. The van der Waals surface area contributed by atoms with Crippen molar-refractivity contribution >= 4 is 45.2 Å². The van der Waals surface area contributed by atoms with Gasteiger partial charge in [-0.3, -0.25) is 0 Å². The Morgan fingerprint density at radius 2 is 2.20 bits per heavy atom. The number of aliphatic hydroxyl groups excluding tert-OH is 1. The Kier molecular flexibility index (Phi) is 3.44. The Morgan fingerprint density at radius 3 is 2.60 bits per heavy atom. The van der Waals surface area contributed by atoms with Crippen LogP contribution in [0.5, 0.6) is 0 Å². The Bertz CT molecular complexity index is 184. The second kappa shape index (κ2) is 3.91. The number of hydrogen-bond donors (Lipinski definition) is 1. The van der Waals surface area contributed by atoms with Crippen LogP contribution in [-0.2, 0) is 0 Å². The smallest absolute Gasteiger partial charge is 0.134 e. The van der Waals surface area contributed by atoms with Gasteiger partial charge in [0, 0.05) is 0 Å². The van der Waals surface area contributed by atoms with Gasteiger partial charge in [-0.25, -0.2) is 0 Å². The summed E-state index contributed by atoms with van der Waals surface area (Å²) < 4.78 is 5.15. The van der Waals surface area contributed by atoms with Crippen LogP contribution in [0.3, 0.4) is 0 Å². The van der Waals surface area contributed by atoms with Crippen LogP contribution in [0.2, 0.25) is 0 Å². The molecule has 0 fully saturated rings. The van der Waals surface area contributed by atoms with Gasteiger partial charge in [-0.05, 0) is 12.1 Å². The van der Waals surface area contributed by atoms with E-state index in [-0.39, 0.29) is 1.93 Å². The quantitative estimate of drug-likeness (QED) is 0.647. The van der Waals surface area contributed by atoms with Gasteiger partial charge in [-0.2, -0.15) is 0 Å². The van der Waals surface area contributed by atoms with Gasteiger partial charge >= 0.3 is 0 Å². The van der Waals surface area contributed by atoms with E-state index in [0.29, 0.717) is 5.76 Å². The van der Waals surface area contributed by atoms with Gasteiger partial charge in [-0.15, -0.1) is 0 Å². The zero-order valence-corrected chi connectivity index (χ0v) is 9.31. The fraction of sp³-hybridized carbons (Fsp3) is 0.333. The maximum atomic E-state index is 9.38. The number of halogens is 2. The van der Waals surface area contributed by atoms with Crippen LogP contribution in [0, 0.1) is 0 Å². The Balaban J connectivity index is 2.68. The average Bonchev–Trinajstić information content (AvgIpc) is 2.36. The lowest BCUT2D eigenvalue weighted by molar-refractivity contribution is 0.173. The lowest BCUT2D eigenvalue weighted by Gasteiger charge is -2.07. The molecule has 10 heavy (non-hydrogen) atoms. The monoisotopic (exact) mass is 364 g/mol. The number of alkyl halides is 2. The van der Waals surface area contributed by atoms with Crippen LogP contribution < -0.4 is 0 Å². The first-order valence-electron chi connectivity index (χ1n) is 2.71. The maximum Gasteiger partial charge on any atom is 0.134 e. The molecule has 1 aromatic heterocycles. The number of rotatable bonds is 2. The first-order chi connectivity index (χ1) is 4.72. The van der Waals surface area contributed by atoms with Crippen molar-refractivity contribution in [2.45, 2.75) is 8.04 Å². The van der Waals surface area contributed by atoms with E-state index in [1.165, 1.54) is 0 Å². The highest BCUT2D eigenvalue weighted by atomic mass is 127. The summed E-state index contributed by atoms with van der Waals surface area (Å²) in [6.45, 7) is 0. The molecular weight excluding hydrogens is 358 g/mol. The van der Waals surface area contributed by atoms with Crippen LogP contribution in [-0.4, -0.2) is 7.04 Å². The molecule has 1 rings (SSSR count). The largest absolute Gasteiger partial charge is 0.467 e. The van der Waals surface area contributed by atoms with Crippen molar-refractivity contribution in [3.05, 3.63) is 24.2 Å². The summed E-state index contributed by atoms with van der Waals surface area (Å²) in [5.41, 5.74) is 0. The van der Waals surface area contributed by atoms with E-state index in [9.17, 15) is 5.11 Å². The molecule has 2 nitrogen and oxygen atoms in total.